The molecule has 0 aliphatic carbocycles. The van der Waals surface area contributed by atoms with Crippen LogP contribution >= 0.6 is 11.3 Å². The van der Waals surface area contributed by atoms with Crippen molar-refractivity contribution < 1.29 is 9.53 Å². The summed E-state index contributed by atoms with van der Waals surface area (Å²) >= 11 is 1.66. The van der Waals surface area contributed by atoms with E-state index in [1.165, 1.54) is 4.88 Å². The average molecular weight is 387 g/mol. The SMILES string of the molecule is Cc1c(C#N)c(NC(=O)CN[C@H](C)c2cccs2)n(C[C@@H]2CCCO2)c1C. The Bertz CT molecular complexity index is 829. The molecule has 1 saturated heterocycles. The number of carbonyl (C=O) groups is 1. The molecule has 0 spiro atoms. The van der Waals surface area contributed by atoms with Crippen LogP contribution in [0.1, 0.15) is 47.5 Å². The first-order valence-corrected chi connectivity index (χ1v) is 10.2. The molecule has 1 aliphatic heterocycles. The Morgan fingerprint density at radius 2 is 2.33 bits per heavy atom. The van der Waals surface area contributed by atoms with E-state index in [1.54, 1.807) is 11.3 Å². The minimum atomic E-state index is -0.152. The molecule has 0 bridgehead atoms. The average Bonchev–Trinajstić information content (AvgIpc) is 3.40. The van der Waals surface area contributed by atoms with Gasteiger partial charge >= 0.3 is 0 Å². The highest BCUT2D eigenvalue weighted by Crippen LogP contribution is 2.28. The van der Waals surface area contributed by atoms with Crippen LogP contribution in [-0.2, 0) is 16.1 Å². The van der Waals surface area contributed by atoms with Gasteiger partial charge in [-0.1, -0.05) is 6.07 Å². The number of rotatable bonds is 7. The number of nitriles is 1. The van der Waals surface area contributed by atoms with Crippen molar-refractivity contribution in [2.24, 2.45) is 0 Å². The molecule has 0 saturated carbocycles. The van der Waals surface area contributed by atoms with Gasteiger partial charge in [0.15, 0.2) is 0 Å². The summed E-state index contributed by atoms with van der Waals surface area (Å²) in [6, 6.07) is 6.40. The zero-order chi connectivity index (χ0) is 19.4. The number of nitrogens with zero attached hydrogens (tertiary/aromatic N) is 2. The van der Waals surface area contributed by atoms with Crippen LogP contribution in [0.4, 0.5) is 5.82 Å². The van der Waals surface area contributed by atoms with Crippen LogP contribution in [0.15, 0.2) is 17.5 Å². The van der Waals surface area contributed by atoms with E-state index in [4.69, 9.17) is 4.74 Å². The molecule has 1 fully saturated rings. The molecule has 1 aliphatic rings. The zero-order valence-electron chi connectivity index (χ0n) is 16.0. The third-order valence-corrected chi connectivity index (χ3v) is 6.20. The lowest BCUT2D eigenvalue weighted by Gasteiger charge is -2.17. The number of thiophene rings is 1. The number of ether oxygens (including phenoxy) is 1. The predicted octanol–water partition coefficient (Wildman–Crippen LogP) is 3.51. The van der Waals surface area contributed by atoms with Crippen molar-refractivity contribution in [2.45, 2.75) is 52.3 Å². The summed E-state index contributed by atoms with van der Waals surface area (Å²) < 4.78 is 7.77. The molecule has 7 heteroatoms. The number of hydrogen-bond donors (Lipinski definition) is 2. The Labute approximate surface area is 164 Å². The largest absolute Gasteiger partial charge is 0.376 e. The van der Waals surface area contributed by atoms with Crippen molar-refractivity contribution >= 4 is 23.1 Å². The summed E-state index contributed by atoms with van der Waals surface area (Å²) in [7, 11) is 0. The van der Waals surface area contributed by atoms with Gasteiger partial charge in [0.1, 0.15) is 11.9 Å². The first-order chi connectivity index (χ1) is 13.0. The normalized spacial score (nSPS) is 17.6. The maximum absolute atomic E-state index is 12.5. The van der Waals surface area contributed by atoms with Gasteiger partial charge in [-0.25, -0.2) is 0 Å². The summed E-state index contributed by atoms with van der Waals surface area (Å²) in [5, 5.41) is 17.8. The Hall–Kier alpha value is -2.14. The van der Waals surface area contributed by atoms with Gasteiger partial charge in [0.25, 0.3) is 0 Å². The van der Waals surface area contributed by atoms with Crippen molar-refractivity contribution in [3.8, 4) is 6.07 Å². The number of aromatic nitrogens is 1. The molecule has 2 N–H and O–H groups in total. The van der Waals surface area contributed by atoms with Gasteiger partial charge in [0, 0.05) is 23.2 Å². The number of anilines is 1. The maximum atomic E-state index is 12.5. The van der Waals surface area contributed by atoms with Gasteiger partial charge in [-0.3, -0.25) is 4.79 Å². The Balaban J connectivity index is 1.71. The first kappa shape index (κ1) is 19.6. The van der Waals surface area contributed by atoms with Crippen molar-refractivity contribution in [1.82, 2.24) is 9.88 Å². The molecular weight excluding hydrogens is 360 g/mol. The molecule has 0 radical (unpaired) electrons. The molecule has 27 heavy (non-hydrogen) atoms. The lowest BCUT2D eigenvalue weighted by molar-refractivity contribution is -0.115. The van der Waals surface area contributed by atoms with Crippen LogP contribution in [0.5, 0.6) is 0 Å². The fourth-order valence-corrected chi connectivity index (χ4v) is 4.17. The molecule has 2 aromatic heterocycles. The van der Waals surface area contributed by atoms with Crippen LogP contribution < -0.4 is 10.6 Å². The monoisotopic (exact) mass is 386 g/mol. The molecule has 2 aromatic rings. The first-order valence-electron chi connectivity index (χ1n) is 9.29. The van der Waals surface area contributed by atoms with Gasteiger partial charge in [-0.15, -0.1) is 11.3 Å². The third kappa shape index (κ3) is 4.41. The lowest BCUT2D eigenvalue weighted by Crippen LogP contribution is -2.31. The van der Waals surface area contributed by atoms with Gasteiger partial charge in [0.05, 0.1) is 24.8 Å². The second-order valence-electron chi connectivity index (χ2n) is 6.96. The molecule has 0 aromatic carbocycles. The molecule has 0 unspecified atom stereocenters. The maximum Gasteiger partial charge on any atom is 0.239 e. The van der Waals surface area contributed by atoms with E-state index in [0.717, 1.165) is 30.7 Å². The van der Waals surface area contributed by atoms with Gasteiger partial charge in [-0.05, 0) is 50.6 Å². The minimum Gasteiger partial charge on any atom is -0.376 e. The summed E-state index contributed by atoms with van der Waals surface area (Å²) in [4.78, 5) is 13.7. The Morgan fingerprint density at radius 1 is 1.52 bits per heavy atom. The molecule has 1 amide bonds. The minimum absolute atomic E-state index is 0.105. The van der Waals surface area contributed by atoms with E-state index in [2.05, 4.69) is 16.7 Å². The van der Waals surface area contributed by atoms with E-state index in [0.29, 0.717) is 17.9 Å². The second-order valence-corrected chi connectivity index (χ2v) is 7.94. The van der Waals surface area contributed by atoms with E-state index in [-0.39, 0.29) is 24.6 Å². The van der Waals surface area contributed by atoms with Gasteiger partial charge in [0.2, 0.25) is 5.91 Å². The van der Waals surface area contributed by atoms with Crippen LogP contribution in [-0.4, -0.2) is 29.7 Å². The summed E-state index contributed by atoms with van der Waals surface area (Å²) in [5.41, 5.74) is 2.44. The molecule has 2 atom stereocenters. The topological polar surface area (TPSA) is 79.1 Å². The summed E-state index contributed by atoms with van der Waals surface area (Å²) in [5.74, 6) is 0.430. The fourth-order valence-electron chi connectivity index (χ4n) is 3.41. The predicted molar refractivity (Wildman–Crippen MR) is 107 cm³/mol. The van der Waals surface area contributed by atoms with E-state index in [1.807, 2.05) is 42.9 Å². The Kier molecular flexibility index (Phi) is 6.32. The highest BCUT2D eigenvalue weighted by atomic mass is 32.1. The van der Waals surface area contributed by atoms with Crippen LogP contribution in [0, 0.1) is 25.2 Å². The van der Waals surface area contributed by atoms with E-state index < -0.39 is 0 Å². The molecule has 3 rings (SSSR count). The van der Waals surface area contributed by atoms with Crippen molar-refractivity contribution in [3.05, 3.63) is 39.2 Å². The van der Waals surface area contributed by atoms with Crippen molar-refractivity contribution in [1.29, 1.82) is 5.26 Å². The number of amides is 1. The molecule has 144 valence electrons. The molecule has 6 nitrogen and oxygen atoms in total. The lowest BCUT2D eigenvalue weighted by atomic mass is 10.2. The third-order valence-electron chi connectivity index (χ3n) is 5.15. The smallest absolute Gasteiger partial charge is 0.239 e. The number of carbonyl (C=O) groups excluding carboxylic acids is 1. The van der Waals surface area contributed by atoms with Crippen molar-refractivity contribution in [2.75, 3.05) is 18.5 Å². The second kappa shape index (κ2) is 8.70. The highest BCUT2D eigenvalue weighted by molar-refractivity contribution is 7.10. The zero-order valence-corrected chi connectivity index (χ0v) is 16.9. The van der Waals surface area contributed by atoms with E-state index in [9.17, 15) is 10.1 Å². The quantitative estimate of drug-likeness (QED) is 0.763. The standard InChI is InChI=1S/C20H26N4O2S/c1-13-15(3)24(12-16-6-4-8-26-16)20(17(13)10-21)23-19(25)11-22-14(2)18-7-5-9-27-18/h5,7,9,14,16,22H,4,6,8,11-12H2,1-3H3,(H,23,25)/t14-,16+/m1/s1. The van der Waals surface area contributed by atoms with Crippen LogP contribution in [0.2, 0.25) is 0 Å². The number of hydrogen-bond acceptors (Lipinski definition) is 5. The van der Waals surface area contributed by atoms with Crippen molar-refractivity contribution in [3.63, 3.8) is 0 Å². The molecular formula is C20H26N4O2S. The number of nitrogens with one attached hydrogen (secondary N) is 2. The molecule has 3 heterocycles. The van der Waals surface area contributed by atoms with Gasteiger partial charge in [-0.2, -0.15) is 5.26 Å². The van der Waals surface area contributed by atoms with Crippen LogP contribution in [0.3, 0.4) is 0 Å². The Morgan fingerprint density at radius 3 is 2.96 bits per heavy atom. The fraction of sp³-hybridized carbons (Fsp3) is 0.500. The van der Waals surface area contributed by atoms with E-state index >= 15 is 0 Å². The van der Waals surface area contributed by atoms with Crippen LogP contribution in [0.25, 0.3) is 0 Å². The van der Waals surface area contributed by atoms with Gasteiger partial charge < -0.3 is 19.9 Å². The summed E-state index contributed by atoms with van der Waals surface area (Å²) in [6.45, 7) is 7.57. The highest BCUT2D eigenvalue weighted by Gasteiger charge is 2.24. The summed E-state index contributed by atoms with van der Waals surface area (Å²) in [6.07, 6.45) is 2.20.